The van der Waals surface area contributed by atoms with Gasteiger partial charge in [0.05, 0.1) is 0 Å². The first-order valence-electron chi connectivity index (χ1n) is 9.45. The molecule has 0 heterocycles. The minimum absolute atomic E-state index is 0. The number of unbranched alkanes of at least 4 members (excludes halogenated alkanes) is 1. The highest BCUT2D eigenvalue weighted by molar-refractivity contribution is 5.85. The maximum atomic E-state index is 12.2. The Labute approximate surface area is 171 Å². The molecular formula is C20H35Cl2N3O. The molecule has 150 valence electrons. The topological polar surface area (TPSA) is 58.4 Å². The molecule has 1 amide bonds. The second-order valence-electron chi connectivity index (χ2n) is 7.03. The second-order valence-corrected chi connectivity index (χ2v) is 7.03. The molecule has 6 heteroatoms. The predicted molar refractivity (Wildman–Crippen MR) is 114 cm³/mol. The van der Waals surface area contributed by atoms with Crippen LogP contribution in [0.25, 0.3) is 0 Å². The van der Waals surface area contributed by atoms with E-state index in [0.717, 1.165) is 38.9 Å². The average molecular weight is 404 g/mol. The van der Waals surface area contributed by atoms with E-state index in [0.29, 0.717) is 6.54 Å². The van der Waals surface area contributed by atoms with Crippen molar-refractivity contribution in [3.8, 4) is 0 Å². The number of carbonyl (C=O) groups is 1. The van der Waals surface area contributed by atoms with Gasteiger partial charge in [-0.25, -0.2) is 0 Å². The van der Waals surface area contributed by atoms with Gasteiger partial charge in [-0.15, -0.1) is 24.8 Å². The number of nitrogens with one attached hydrogen (secondary N) is 1. The van der Waals surface area contributed by atoms with Crippen molar-refractivity contribution in [2.24, 2.45) is 11.7 Å². The summed E-state index contributed by atoms with van der Waals surface area (Å²) in [6.45, 7) is 8.26. The smallest absolute Gasteiger partial charge is 0.223 e. The molecule has 26 heavy (non-hydrogen) atoms. The van der Waals surface area contributed by atoms with Crippen molar-refractivity contribution >= 4 is 30.7 Å². The number of halogens is 2. The van der Waals surface area contributed by atoms with Crippen molar-refractivity contribution in [2.75, 3.05) is 13.1 Å². The molecule has 1 saturated carbocycles. The van der Waals surface area contributed by atoms with Crippen LogP contribution in [0, 0.1) is 5.92 Å². The molecule has 1 aromatic carbocycles. The number of rotatable bonds is 9. The molecular weight excluding hydrogens is 369 g/mol. The van der Waals surface area contributed by atoms with Gasteiger partial charge in [-0.3, -0.25) is 9.69 Å². The molecule has 1 aliphatic carbocycles. The SMILES string of the molecule is CCCCN(CC)Cc1cccc(CNC(=O)C2CCC(N)C2)c1.Cl.Cl. The van der Waals surface area contributed by atoms with E-state index in [9.17, 15) is 4.79 Å². The summed E-state index contributed by atoms with van der Waals surface area (Å²) in [5.41, 5.74) is 8.40. The number of carbonyl (C=O) groups excluding carboxylic acids is 1. The largest absolute Gasteiger partial charge is 0.352 e. The first-order valence-corrected chi connectivity index (χ1v) is 9.45. The molecule has 0 aromatic heterocycles. The van der Waals surface area contributed by atoms with E-state index in [4.69, 9.17) is 5.73 Å². The molecule has 0 bridgehead atoms. The van der Waals surface area contributed by atoms with E-state index in [1.165, 1.54) is 24.0 Å². The van der Waals surface area contributed by atoms with Crippen LogP contribution in [0.1, 0.15) is 57.1 Å². The number of nitrogens with two attached hydrogens (primary N) is 1. The molecule has 0 spiro atoms. The van der Waals surface area contributed by atoms with Crippen LogP contribution in [-0.2, 0) is 17.9 Å². The highest BCUT2D eigenvalue weighted by Crippen LogP contribution is 2.24. The van der Waals surface area contributed by atoms with E-state index in [1.807, 2.05) is 0 Å². The lowest BCUT2D eigenvalue weighted by Gasteiger charge is -2.20. The average Bonchev–Trinajstić information content (AvgIpc) is 3.03. The fourth-order valence-corrected chi connectivity index (χ4v) is 3.41. The summed E-state index contributed by atoms with van der Waals surface area (Å²) in [7, 11) is 0. The van der Waals surface area contributed by atoms with Crippen molar-refractivity contribution in [1.29, 1.82) is 0 Å². The van der Waals surface area contributed by atoms with Crippen molar-refractivity contribution < 1.29 is 4.79 Å². The zero-order valence-electron chi connectivity index (χ0n) is 16.1. The lowest BCUT2D eigenvalue weighted by atomic mass is 10.1. The molecule has 0 radical (unpaired) electrons. The maximum absolute atomic E-state index is 12.2. The van der Waals surface area contributed by atoms with Crippen LogP contribution in [-0.4, -0.2) is 29.9 Å². The van der Waals surface area contributed by atoms with E-state index in [2.05, 4.69) is 48.3 Å². The van der Waals surface area contributed by atoms with Crippen LogP contribution < -0.4 is 11.1 Å². The molecule has 4 nitrogen and oxygen atoms in total. The van der Waals surface area contributed by atoms with Crippen molar-refractivity contribution in [1.82, 2.24) is 10.2 Å². The summed E-state index contributed by atoms with van der Waals surface area (Å²) in [6, 6.07) is 8.78. The Morgan fingerprint density at radius 2 is 1.96 bits per heavy atom. The third-order valence-corrected chi connectivity index (χ3v) is 4.98. The van der Waals surface area contributed by atoms with Crippen LogP contribution in [0.3, 0.4) is 0 Å². The Balaban J connectivity index is 0.00000312. The fourth-order valence-electron chi connectivity index (χ4n) is 3.41. The minimum Gasteiger partial charge on any atom is -0.352 e. The molecule has 1 aliphatic rings. The molecule has 0 saturated heterocycles. The van der Waals surface area contributed by atoms with Gasteiger partial charge in [0.2, 0.25) is 5.91 Å². The summed E-state index contributed by atoms with van der Waals surface area (Å²) >= 11 is 0. The third-order valence-electron chi connectivity index (χ3n) is 4.98. The summed E-state index contributed by atoms with van der Waals surface area (Å²) in [5, 5.41) is 3.08. The summed E-state index contributed by atoms with van der Waals surface area (Å²) < 4.78 is 0. The van der Waals surface area contributed by atoms with Gasteiger partial charge in [0.25, 0.3) is 0 Å². The molecule has 1 fully saturated rings. The highest BCUT2D eigenvalue weighted by Gasteiger charge is 2.27. The molecule has 0 aliphatic heterocycles. The Morgan fingerprint density at radius 1 is 1.23 bits per heavy atom. The van der Waals surface area contributed by atoms with Gasteiger partial charge >= 0.3 is 0 Å². The fraction of sp³-hybridized carbons (Fsp3) is 0.650. The van der Waals surface area contributed by atoms with Gasteiger partial charge in [0, 0.05) is 25.0 Å². The lowest BCUT2D eigenvalue weighted by molar-refractivity contribution is -0.125. The van der Waals surface area contributed by atoms with E-state index in [-0.39, 0.29) is 42.7 Å². The van der Waals surface area contributed by atoms with Gasteiger partial charge in [0.1, 0.15) is 0 Å². The van der Waals surface area contributed by atoms with E-state index < -0.39 is 0 Å². The van der Waals surface area contributed by atoms with Gasteiger partial charge < -0.3 is 11.1 Å². The number of nitrogens with zero attached hydrogens (tertiary/aromatic N) is 1. The first-order chi connectivity index (χ1) is 11.6. The van der Waals surface area contributed by atoms with Gasteiger partial charge in [-0.1, -0.05) is 44.5 Å². The summed E-state index contributed by atoms with van der Waals surface area (Å²) in [4.78, 5) is 14.7. The molecule has 2 rings (SSSR count). The van der Waals surface area contributed by atoms with Crippen molar-refractivity contribution in [3.05, 3.63) is 35.4 Å². The van der Waals surface area contributed by atoms with Gasteiger partial charge in [0.15, 0.2) is 0 Å². The number of hydrogen-bond acceptors (Lipinski definition) is 3. The van der Waals surface area contributed by atoms with Crippen LogP contribution in [0.4, 0.5) is 0 Å². The first kappa shape index (κ1) is 25.2. The van der Waals surface area contributed by atoms with Crippen molar-refractivity contribution in [2.45, 2.75) is 65.1 Å². The monoisotopic (exact) mass is 403 g/mol. The van der Waals surface area contributed by atoms with Crippen molar-refractivity contribution in [3.63, 3.8) is 0 Å². The Hall–Kier alpha value is -0.810. The summed E-state index contributed by atoms with van der Waals surface area (Å²) in [5.74, 6) is 0.263. The zero-order chi connectivity index (χ0) is 17.4. The zero-order valence-corrected chi connectivity index (χ0v) is 17.7. The maximum Gasteiger partial charge on any atom is 0.223 e. The minimum atomic E-state index is 0. The van der Waals surface area contributed by atoms with Gasteiger partial charge in [-0.2, -0.15) is 0 Å². The highest BCUT2D eigenvalue weighted by atomic mass is 35.5. The Morgan fingerprint density at radius 3 is 2.58 bits per heavy atom. The molecule has 3 N–H and O–H groups in total. The molecule has 1 aromatic rings. The van der Waals surface area contributed by atoms with Crippen LogP contribution in [0.15, 0.2) is 24.3 Å². The van der Waals surface area contributed by atoms with Crippen LogP contribution in [0.2, 0.25) is 0 Å². The molecule has 2 atom stereocenters. The van der Waals surface area contributed by atoms with Crippen LogP contribution in [0.5, 0.6) is 0 Å². The molecule has 2 unspecified atom stereocenters. The quantitative estimate of drug-likeness (QED) is 0.657. The van der Waals surface area contributed by atoms with E-state index >= 15 is 0 Å². The van der Waals surface area contributed by atoms with E-state index in [1.54, 1.807) is 0 Å². The third kappa shape index (κ3) is 8.26. The van der Waals surface area contributed by atoms with Crippen LogP contribution >= 0.6 is 24.8 Å². The number of hydrogen-bond donors (Lipinski definition) is 2. The second kappa shape index (κ2) is 13.4. The van der Waals surface area contributed by atoms with Gasteiger partial charge in [-0.05, 0) is 49.9 Å². The normalized spacial score (nSPS) is 18.9. The predicted octanol–water partition coefficient (Wildman–Crippen LogP) is 3.90. The number of amides is 1. The lowest BCUT2D eigenvalue weighted by Crippen LogP contribution is -2.30. The standard InChI is InChI=1S/C20H33N3O.2ClH/c1-3-5-11-23(4-2)15-17-8-6-7-16(12-17)14-22-20(24)18-9-10-19(21)13-18;;/h6-8,12,18-19H,3-5,9-11,13-15,21H2,1-2H3,(H,22,24);2*1H. The Kier molecular flexibility index (Phi) is 13.0. The summed E-state index contributed by atoms with van der Waals surface area (Å²) in [6.07, 6.45) is 5.20. The number of benzene rings is 1. The Bertz CT molecular complexity index is 528.